The molecule has 156 valence electrons. The molecule has 0 heterocycles. The van der Waals surface area contributed by atoms with Crippen LogP contribution < -0.4 is 0 Å². The number of benzene rings is 2. The molecule has 0 amide bonds. The Morgan fingerprint density at radius 3 is 2.06 bits per heavy atom. The van der Waals surface area contributed by atoms with E-state index in [0.29, 0.717) is 16.7 Å². The molecule has 31 heavy (non-hydrogen) atoms. The number of allylic oxidation sites excluding steroid dienone is 2. The fraction of sp³-hybridized carbons (Fsp3) is 0.200. The van der Waals surface area contributed by atoms with Crippen molar-refractivity contribution in [1.29, 1.82) is 0 Å². The Labute approximate surface area is 179 Å². The van der Waals surface area contributed by atoms with Gasteiger partial charge in [0.1, 0.15) is 5.57 Å². The van der Waals surface area contributed by atoms with Crippen LogP contribution in [0.15, 0.2) is 78.4 Å². The summed E-state index contributed by atoms with van der Waals surface area (Å²) in [6.07, 6.45) is 2.33. The molecule has 0 saturated heterocycles. The van der Waals surface area contributed by atoms with Gasteiger partial charge < -0.3 is 9.47 Å². The normalized spacial score (nSPS) is 24.7. The van der Waals surface area contributed by atoms with E-state index >= 15 is 0 Å². The van der Waals surface area contributed by atoms with Gasteiger partial charge in [0, 0.05) is 6.42 Å². The Hall–Kier alpha value is -3.80. The monoisotopic (exact) mass is 416 g/mol. The zero-order valence-electron chi connectivity index (χ0n) is 17.1. The molecule has 4 rings (SSSR count). The molecule has 0 aromatic heterocycles. The molecule has 2 aromatic carbocycles. The SMILES string of the molecule is COC(=O)C1=C(c2ccccc2)[C@@]2(c3ccccc3)CC(=O)C=C[C@@]2(C(=O)OC)C1=O. The van der Waals surface area contributed by atoms with E-state index in [2.05, 4.69) is 0 Å². The number of hydrogen-bond acceptors (Lipinski definition) is 6. The first-order valence-electron chi connectivity index (χ1n) is 9.73. The highest BCUT2D eigenvalue weighted by Gasteiger charge is 2.71. The van der Waals surface area contributed by atoms with Crippen molar-refractivity contribution in [3.05, 3.63) is 89.5 Å². The summed E-state index contributed by atoms with van der Waals surface area (Å²) in [5.74, 6) is -2.71. The van der Waals surface area contributed by atoms with Gasteiger partial charge >= 0.3 is 11.9 Å². The summed E-state index contributed by atoms with van der Waals surface area (Å²) >= 11 is 0. The van der Waals surface area contributed by atoms with Crippen molar-refractivity contribution in [3.8, 4) is 0 Å². The molecule has 0 unspecified atom stereocenters. The lowest BCUT2D eigenvalue weighted by atomic mass is 9.53. The van der Waals surface area contributed by atoms with Crippen molar-refractivity contribution >= 4 is 29.1 Å². The van der Waals surface area contributed by atoms with E-state index in [1.807, 2.05) is 0 Å². The van der Waals surface area contributed by atoms with Crippen molar-refractivity contribution in [3.63, 3.8) is 0 Å². The predicted molar refractivity (Wildman–Crippen MR) is 112 cm³/mol. The van der Waals surface area contributed by atoms with E-state index in [4.69, 9.17) is 9.47 Å². The molecular formula is C25H20O6. The lowest BCUT2D eigenvalue weighted by molar-refractivity contribution is -0.156. The van der Waals surface area contributed by atoms with E-state index in [-0.39, 0.29) is 17.8 Å². The van der Waals surface area contributed by atoms with Crippen molar-refractivity contribution < 1.29 is 28.7 Å². The Morgan fingerprint density at radius 2 is 1.48 bits per heavy atom. The highest BCUT2D eigenvalue weighted by atomic mass is 16.5. The van der Waals surface area contributed by atoms with Gasteiger partial charge in [-0.15, -0.1) is 0 Å². The highest BCUT2D eigenvalue weighted by molar-refractivity contribution is 6.36. The molecule has 0 spiro atoms. The fourth-order valence-electron chi connectivity index (χ4n) is 4.88. The highest BCUT2D eigenvalue weighted by Crippen LogP contribution is 2.63. The molecule has 0 radical (unpaired) electrons. The van der Waals surface area contributed by atoms with Crippen LogP contribution in [0, 0.1) is 5.41 Å². The van der Waals surface area contributed by atoms with Crippen molar-refractivity contribution in [1.82, 2.24) is 0 Å². The van der Waals surface area contributed by atoms with Gasteiger partial charge in [-0.2, -0.15) is 0 Å². The first kappa shape index (κ1) is 20.5. The van der Waals surface area contributed by atoms with E-state index in [1.165, 1.54) is 26.4 Å². The molecule has 0 bridgehead atoms. The van der Waals surface area contributed by atoms with Crippen LogP contribution in [0.4, 0.5) is 0 Å². The number of methoxy groups -OCH3 is 2. The van der Waals surface area contributed by atoms with Crippen LogP contribution >= 0.6 is 0 Å². The molecule has 6 heteroatoms. The molecular weight excluding hydrogens is 396 g/mol. The lowest BCUT2D eigenvalue weighted by Gasteiger charge is -2.45. The molecule has 2 aromatic rings. The van der Waals surface area contributed by atoms with Crippen molar-refractivity contribution in [2.24, 2.45) is 5.41 Å². The molecule has 0 fully saturated rings. The Kier molecular flexibility index (Phi) is 4.93. The number of ether oxygens (including phenoxy) is 2. The zero-order valence-corrected chi connectivity index (χ0v) is 17.1. The summed E-state index contributed by atoms with van der Waals surface area (Å²) in [6, 6.07) is 17.6. The van der Waals surface area contributed by atoms with Crippen molar-refractivity contribution in [2.45, 2.75) is 11.8 Å². The minimum Gasteiger partial charge on any atom is -0.468 e. The van der Waals surface area contributed by atoms with Crippen LogP contribution in [0.3, 0.4) is 0 Å². The largest absolute Gasteiger partial charge is 0.468 e. The summed E-state index contributed by atoms with van der Waals surface area (Å²) in [5.41, 5.74) is -2.22. The first-order chi connectivity index (χ1) is 14.9. The Balaban J connectivity index is 2.22. The van der Waals surface area contributed by atoms with Crippen LogP contribution in [0.5, 0.6) is 0 Å². The summed E-state index contributed by atoms with van der Waals surface area (Å²) in [7, 11) is 2.36. The zero-order chi connectivity index (χ0) is 22.2. The van der Waals surface area contributed by atoms with Gasteiger partial charge in [0.25, 0.3) is 0 Å². The number of carbonyl (C=O) groups is 4. The maximum Gasteiger partial charge on any atom is 0.341 e. The molecule has 2 atom stereocenters. The molecule has 6 nitrogen and oxygen atoms in total. The number of hydrogen-bond donors (Lipinski definition) is 0. The van der Waals surface area contributed by atoms with Crippen molar-refractivity contribution in [2.75, 3.05) is 14.2 Å². The standard InChI is InChI=1S/C25H20O6/c1-30-22(28)19-20(16-9-5-3-6-10-16)25(17-11-7-4-8-12-17)15-18(26)13-14-24(25,21(19)27)23(29)31-2/h3-14H,15H2,1-2H3/t24-,25-/m0/s1. The van der Waals surface area contributed by atoms with Crippen LogP contribution in [-0.2, 0) is 34.1 Å². The Bertz CT molecular complexity index is 1150. The van der Waals surface area contributed by atoms with Gasteiger partial charge in [0.15, 0.2) is 17.0 Å². The third-order valence-corrected chi connectivity index (χ3v) is 6.12. The number of carbonyl (C=O) groups excluding carboxylic acids is 4. The molecule has 0 saturated carbocycles. The maximum absolute atomic E-state index is 13.9. The molecule has 0 N–H and O–H groups in total. The fourth-order valence-corrected chi connectivity index (χ4v) is 4.88. The molecule has 2 aliphatic rings. The number of Topliss-reactive ketones (excluding diaryl/α,β-unsaturated/α-hetero) is 1. The van der Waals surface area contributed by atoms with Gasteiger partial charge in [-0.3, -0.25) is 14.4 Å². The first-order valence-corrected chi connectivity index (χ1v) is 9.73. The number of rotatable bonds is 4. The number of ketones is 2. The average molecular weight is 416 g/mol. The van der Waals surface area contributed by atoms with E-state index < -0.39 is 28.6 Å². The van der Waals surface area contributed by atoms with E-state index in [9.17, 15) is 19.2 Å². The van der Waals surface area contributed by atoms with Crippen LogP contribution in [0.25, 0.3) is 5.57 Å². The van der Waals surface area contributed by atoms with Gasteiger partial charge in [-0.25, -0.2) is 4.79 Å². The summed E-state index contributed by atoms with van der Waals surface area (Å²) in [5, 5.41) is 0. The summed E-state index contributed by atoms with van der Waals surface area (Å²) in [6.45, 7) is 0. The average Bonchev–Trinajstić information content (AvgIpc) is 3.05. The topological polar surface area (TPSA) is 86.7 Å². The van der Waals surface area contributed by atoms with E-state index in [0.717, 1.165) is 0 Å². The minimum atomic E-state index is -1.91. The van der Waals surface area contributed by atoms with Gasteiger partial charge in [-0.1, -0.05) is 66.7 Å². The number of esters is 2. The number of fused-ring (bicyclic) bond motifs is 1. The third kappa shape index (κ3) is 2.64. The second-order valence-electron chi connectivity index (χ2n) is 7.48. The van der Waals surface area contributed by atoms with Crippen LogP contribution in [-0.4, -0.2) is 37.7 Å². The predicted octanol–water partition coefficient (Wildman–Crippen LogP) is 2.82. The summed E-state index contributed by atoms with van der Waals surface area (Å²) in [4.78, 5) is 52.9. The van der Waals surface area contributed by atoms with Crippen LogP contribution in [0.2, 0.25) is 0 Å². The van der Waals surface area contributed by atoms with Gasteiger partial charge in [0.2, 0.25) is 0 Å². The van der Waals surface area contributed by atoms with E-state index in [1.54, 1.807) is 60.7 Å². The third-order valence-electron chi connectivity index (χ3n) is 6.12. The van der Waals surface area contributed by atoms with Crippen LogP contribution in [0.1, 0.15) is 17.5 Å². The van der Waals surface area contributed by atoms with Gasteiger partial charge in [-0.05, 0) is 22.8 Å². The quantitative estimate of drug-likeness (QED) is 0.433. The smallest absolute Gasteiger partial charge is 0.341 e. The van der Waals surface area contributed by atoms with Gasteiger partial charge in [0.05, 0.1) is 19.6 Å². The summed E-state index contributed by atoms with van der Waals surface area (Å²) < 4.78 is 10.0. The second kappa shape index (κ2) is 7.47. The minimum absolute atomic E-state index is 0.181. The molecule has 0 aliphatic heterocycles. The lowest BCUT2D eigenvalue weighted by Crippen LogP contribution is -2.54. The Morgan fingerprint density at radius 1 is 0.871 bits per heavy atom. The second-order valence-corrected chi connectivity index (χ2v) is 7.48. The molecule has 2 aliphatic carbocycles. The maximum atomic E-state index is 13.9.